The Hall–Kier alpha value is -1.16. The van der Waals surface area contributed by atoms with E-state index in [2.05, 4.69) is 5.32 Å². The van der Waals surface area contributed by atoms with Gasteiger partial charge in [0.2, 0.25) is 0 Å². The fraction of sp³-hybridized carbons (Fsp3) is 0.500. The van der Waals surface area contributed by atoms with Crippen molar-refractivity contribution >= 4 is 5.69 Å². The monoisotopic (exact) mass is 224 g/mol. The van der Waals surface area contributed by atoms with Crippen LogP contribution in [0.3, 0.4) is 0 Å². The van der Waals surface area contributed by atoms with Crippen LogP contribution in [0.15, 0.2) is 12.1 Å². The van der Waals surface area contributed by atoms with E-state index in [0.717, 1.165) is 13.1 Å². The summed E-state index contributed by atoms with van der Waals surface area (Å²) in [6.07, 6.45) is 0.607. The lowest BCUT2D eigenvalue weighted by molar-refractivity contribution is 0.425. The molecule has 2 nitrogen and oxygen atoms in total. The van der Waals surface area contributed by atoms with E-state index in [1.54, 1.807) is 0 Å². The van der Waals surface area contributed by atoms with Gasteiger partial charge in [-0.1, -0.05) is 0 Å². The summed E-state index contributed by atoms with van der Waals surface area (Å²) < 4.78 is 27.4. The predicted octanol–water partition coefficient (Wildman–Crippen LogP) is 1.69. The third-order valence-electron chi connectivity index (χ3n) is 3.56. The Morgan fingerprint density at radius 3 is 2.81 bits per heavy atom. The second kappa shape index (κ2) is 3.42. The van der Waals surface area contributed by atoms with E-state index >= 15 is 0 Å². The zero-order valence-corrected chi connectivity index (χ0v) is 9.13. The van der Waals surface area contributed by atoms with Crippen LogP contribution in [0.25, 0.3) is 0 Å². The van der Waals surface area contributed by atoms with Gasteiger partial charge in [0.15, 0.2) is 0 Å². The Morgan fingerprint density at radius 1 is 1.25 bits per heavy atom. The van der Waals surface area contributed by atoms with Gasteiger partial charge in [0, 0.05) is 30.7 Å². The van der Waals surface area contributed by atoms with Crippen LogP contribution in [0, 0.1) is 11.6 Å². The maximum absolute atomic E-state index is 13.8. The Balaban J connectivity index is 2.13. The van der Waals surface area contributed by atoms with Gasteiger partial charge in [-0.15, -0.1) is 0 Å². The first-order valence-corrected chi connectivity index (χ1v) is 5.64. The molecule has 4 heteroatoms. The van der Waals surface area contributed by atoms with Crippen molar-refractivity contribution in [2.45, 2.75) is 25.4 Å². The molecule has 1 fully saturated rings. The molecule has 16 heavy (non-hydrogen) atoms. The first-order valence-electron chi connectivity index (χ1n) is 5.64. The van der Waals surface area contributed by atoms with Crippen LogP contribution in [-0.4, -0.2) is 25.2 Å². The lowest BCUT2D eigenvalue weighted by Gasteiger charge is -2.38. The van der Waals surface area contributed by atoms with Crippen LogP contribution in [0.2, 0.25) is 0 Å². The summed E-state index contributed by atoms with van der Waals surface area (Å²) in [5.74, 6) is -0.578. The van der Waals surface area contributed by atoms with Gasteiger partial charge in [-0.2, -0.15) is 0 Å². The molecule has 0 aliphatic carbocycles. The van der Waals surface area contributed by atoms with Crippen molar-refractivity contribution in [3.63, 3.8) is 0 Å². The summed E-state index contributed by atoms with van der Waals surface area (Å²) in [4.78, 5) is 2.03. The Kier molecular flexibility index (Phi) is 2.14. The zero-order valence-electron chi connectivity index (χ0n) is 9.13. The fourth-order valence-corrected chi connectivity index (χ4v) is 2.88. The van der Waals surface area contributed by atoms with Gasteiger partial charge < -0.3 is 10.2 Å². The summed E-state index contributed by atoms with van der Waals surface area (Å²) in [6.45, 7) is 3.67. The Labute approximate surface area is 93.3 Å². The average molecular weight is 224 g/mol. The Bertz CT molecular complexity index is 433. The minimum atomic E-state index is -0.298. The largest absolute Gasteiger partial charge is 0.360 e. The van der Waals surface area contributed by atoms with Gasteiger partial charge in [0.05, 0.1) is 5.69 Å². The molecule has 2 aliphatic rings. The van der Waals surface area contributed by atoms with Gasteiger partial charge in [0.1, 0.15) is 11.6 Å². The van der Waals surface area contributed by atoms with Crippen molar-refractivity contribution in [1.82, 2.24) is 5.32 Å². The molecule has 0 unspecified atom stereocenters. The van der Waals surface area contributed by atoms with Gasteiger partial charge in [-0.25, -0.2) is 8.78 Å². The molecular formula is C12H14F2N2. The molecule has 1 N–H and O–H groups in total. The Morgan fingerprint density at radius 2 is 2.00 bits per heavy atom. The number of fused-ring (bicyclic) bond motifs is 3. The fourth-order valence-electron chi connectivity index (χ4n) is 2.88. The smallest absolute Gasteiger partial charge is 0.147 e. The standard InChI is InChI=1S/C12H14F2N2/c1-7-5-15-6-8-4-9-10(13)2-3-11(14)12(9)16(7)8/h2-3,7-8,15H,4-6H2,1H3/t7-,8-/m1/s1. The first kappa shape index (κ1) is 10.0. The maximum atomic E-state index is 13.8. The number of hydrogen-bond acceptors (Lipinski definition) is 2. The van der Waals surface area contributed by atoms with Crippen molar-refractivity contribution in [1.29, 1.82) is 0 Å². The van der Waals surface area contributed by atoms with E-state index in [0.29, 0.717) is 17.7 Å². The predicted molar refractivity (Wildman–Crippen MR) is 58.7 cm³/mol. The summed E-state index contributed by atoms with van der Waals surface area (Å²) in [6, 6.07) is 2.87. The molecule has 0 radical (unpaired) electrons. The molecule has 1 aromatic rings. The van der Waals surface area contributed by atoms with Crippen molar-refractivity contribution in [3.8, 4) is 0 Å². The summed E-state index contributed by atoms with van der Waals surface area (Å²) in [5, 5.41) is 3.29. The first-order chi connectivity index (χ1) is 7.68. The molecule has 3 rings (SSSR count). The number of anilines is 1. The van der Waals surface area contributed by atoms with Gasteiger partial charge in [-0.3, -0.25) is 0 Å². The van der Waals surface area contributed by atoms with Gasteiger partial charge in [0.25, 0.3) is 0 Å². The maximum Gasteiger partial charge on any atom is 0.147 e. The lowest BCUT2D eigenvalue weighted by Crippen LogP contribution is -2.55. The van der Waals surface area contributed by atoms with Crippen LogP contribution in [0.4, 0.5) is 14.5 Å². The molecule has 0 amide bonds. The molecule has 2 atom stereocenters. The van der Waals surface area contributed by atoms with Crippen LogP contribution in [0.5, 0.6) is 0 Å². The normalized spacial score (nSPS) is 27.8. The number of hydrogen-bond donors (Lipinski definition) is 1. The number of benzene rings is 1. The summed E-state index contributed by atoms with van der Waals surface area (Å²) in [7, 11) is 0. The van der Waals surface area contributed by atoms with Crippen LogP contribution in [0.1, 0.15) is 12.5 Å². The highest BCUT2D eigenvalue weighted by Gasteiger charge is 2.38. The number of rotatable bonds is 0. The van der Waals surface area contributed by atoms with Gasteiger partial charge >= 0.3 is 0 Å². The molecule has 0 bridgehead atoms. The number of nitrogens with zero attached hydrogens (tertiary/aromatic N) is 1. The number of nitrogens with one attached hydrogen (secondary N) is 1. The highest BCUT2D eigenvalue weighted by molar-refractivity contribution is 5.62. The summed E-state index contributed by atoms with van der Waals surface area (Å²) >= 11 is 0. The topological polar surface area (TPSA) is 15.3 Å². The minimum Gasteiger partial charge on any atom is -0.360 e. The molecular weight excluding hydrogens is 210 g/mol. The molecule has 1 saturated heterocycles. The van der Waals surface area contributed by atoms with Crippen LogP contribution < -0.4 is 10.2 Å². The third kappa shape index (κ3) is 1.26. The third-order valence-corrected chi connectivity index (χ3v) is 3.56. The molecule has 86 valence electrons. The van der Waals surface area contributed by atoms with Crippen molar-refractivity contribution in [3.05, 3.63) is 29.3 Å². The molecule has 0 saturated carbocycles. The van der Waals surface area contributed by atoms with E-state index in [4.69, 9.17) is 0 Å². The van der Waals surface area contributed by atoms with Crippen molar-refractivity contribution in [2.75, 3.05) is 18.0 Å². The van der Waals surface area contributed by atoms with Crippen LogP contribution >= 0.6 is 0 Å². The highest BCUT2D eigenvalue weighted by atomic mass is 19.1. The van der Waals surface area contributed by atoms with E-state index < -0.39 is 0 Å². The lowest BCUT2D eigenvalue weighted by atomic mass is 10.1. The van der Waals surface area contributed by atoms with E-state index in [-0.39, 0.29) is 23.7 Å². The van der Waals surface area contributed by atoms with Crippen molar-refractivity contribution < 1.29 is 8.78 Å². The summed E-state index contributed by atoms with van der Waals surface area (Å²) in [5.41, 5.74) is 1.03. The molecule has 2 aliphatic heterocycles. The molecule has 2 heterocycles. The second-order valence-corrected chi connectivity index (χ2v) is 4.63. The van der Waals surface area contributed by atoms with E-state index in [9.17, 15) is 8.78 Å². The van der Waals surface area contributed by atoms with Gasteiger partial charge in [-0.05, 0) is 25.5 Å². The molecule has 1 aromatic carbocycles. The quantitative estimate of drug-likeness (QED) is 0.721. The van der Waals surface area contributed by atoms with Crippen LogP contribution in [-0.2, 0) is 6.42 Å². The minimum absolute atomic E-state index is 0.199. The molecule has 0 spiro atoms. The van der Waals surface area contributed by atoms with Crippen molar-refractivity contribution in [2.24, 2.45) is 0 Å². The SMILES string of the molecule is C[C@@H]1CNC[C@H]2Cc3c(F)ccc(F)c3N21. The number of piperazine rings is 1. The number of halogens is 2. The highest BCUT2D eigenvalue weighted by Crippen LogP contribution is 2.38. The van der Waals surface area contributed by atoms with E-state index in [1.165, 1.54) is 12.1 Å². The average Bonchev–Trinajstić information content (AvgIpc) is 2.65. The zero-order chi connectivity index (χ0) is 11.3. The second-order valence-electron chi connectivity index (χ2n) is 4.63. The molecule has 0 aromatic heterocycles. The van der Waals surface area contributed by atoms with E-state index in [1.807, 2.05) is 11.8 Å².